The molecule has 1 aliphatic carbocycles. The molecule has 2 N–H and O–H groups in total. The van der Waals surface area contributed by atoms with Gasteiger partial charge in [0.15, 0.2) is 0 Å². The zero-order chi connectivity index (χ0) is 15.3. The summed E-state index contributed by atoms with van der Waals surface area (Å²) in [6, 6.07) is 8.05. The van der Waals surface area contributed by atoms with E-state index in [1.807, 2.05) is 35.4 Å². The second-order valence-corrected chi connectivity index (χ2v) is 6.98. The van der Waals surface area contributed by atoms with Crippen LogP contribution in [-0.2, 0) is 11.2 Å². The van der Waals surface area contributed by atoms with Gasteiger partial charge in [0.25, 0.3) is 0 Å². The van der Waals surface area contributed by atoms with E-state index in [-0.39, 0.29) is 11.8 Å². The van der Waals surface area contributed by atoms with Gasteiger partial charge in [0.2, 0.25) is 5.91 Å². The number of hydrogen-bond acceptors (Lipinski definition) is 2. The molecular formula is C18H22N2O2. The van der Waals surface area contributed by atoms with Crippen LogP contribution in [0.5, 0.6) is 0 Å². The van der Waals surface area contributed by atoms with Crippen LogP contribution >= 0.6 is 0 Å². The Morgan fingerprint density at radius 3 is 2.95 bits per heavy atom. The number of para-hydroxylation sites is 1. The quantitative estimate of drug-likeness (QED) is 0.914. The van der Waals surface area contributed by atoms with Crippen LogP contribution in [0.2, 0.25) is 0 Å². The zero-order valence-corrected chi connectivity index (χ0v) is 12.9. The van der Waals surface area contributed by atoms with E-state index in [1.54, 1.807) is 0 Å². The molecule has 22 heavy (non-hydrogen) atoms. The SMILES string of the molecule is CC1CN(C(=O)Cc2c[nH]c3ccccc23)CC1(O)C1CC1. The minimum Gasteiger partial charge on any atom is -0.387 e. The third-order valence-electron chi connectivity index (χ3n) is 5.45. The lowest BCUT2D eigenvalue weighted by Crippen LogP contribution is -2.40. The molecule has 0 spiro atoms. The largest absolute Gasteiger partial charge is 0.387 e. The first-order valence-electron chi connectivity index (χ1n) is 8.13. The molecule has 0 radical (unpaired) electrons. The number of aromatic nitrogens is 1. The van der Waals surface area contributed by atoms with Crippen molar-refractivity contribution in [3.05, 3.63) is 36.0 Å². The van der Waals surface area contributed by atoms with Gasteiger partial charge < -0.3 is 15.0 Å². The molecule has 1 aromatic carbocycles. The summed E-state index contributed by atoms with van der Waals surface area (Å²) in [5.41, 5.74) is 1.44. The Morgan fingerprint density at radius 1 is 1.41 bits per heavy atom. The average molecular weight is 298 g/mol. The summed E-state index contributed by atoms with van der Waals surface area (Å²) < 4.78 is 0. The third-order valence-corrected chi connectivity index (χ3v) is 5.45. The minimum atomic E-state index is -0.657. The van der Waals surface area contributed by atoms with E-state index in [1.165, 1.54) is 0 Å². The molecule has 4 heteroatoms. The topological polar surface area (TPSA) is 56.3 Å². The van der Waals surface area contributed by atoms with Gasteiger partial charge in [-0.2, -0.15) is 0 Å². The fourth-order valence-electron chi connectivity index (χ4n) is 3.87. The van der Waals surface area contributed by atoms with Crippen LogP contribution < -0.4 is 0 Å². The summed E-state index contributed by atoms with van der Waals surface area (Å²) in [6.07, 6.45) is 4.53. The van der Waals surface area contributed by atoms with Crippen molar-refractivity contribution in [1.29, 1.82) is 0 Å². The summed E-state index contributed by atoms with van der Waals surface area (Å²) in [6.45, 7) is 3.24. The second-order valence-electron chi connectivity index (χ2n) is 6.98. The Bertz CT molecular complexity index is 719. The van der Waals surface area contributed by atoms with E-state index < -0.39 is 5.60 Å². The van der Waals surface area contributed by atoms with Gasteiger partial charge in [-0.15, -0.1) is 0 Å². The lowest BCUT2D eigenvalue weighted by Gasteiger charge is -2.26. The number of likely N-dealkylation sites (tertiary alicyclic amines) is 1. The second kappa shape index (κ2) is 4.85. The van der Waals surface area contributed by atoms with Crippen LogP contribution in [-0.4, -0.2) is 39.6 Å². The highest BCUT2D eigenvalue weighted by atomic mass is 16.3. The first-order valence-corrected chi connectivity index (χ1v) is 8.13. The maximum atomic E-state index is 12.6. The fourth-order valence-corrected chi connectivity index (χ4v) is 3.87. The monoisotopic (exact) mass is 298 g/mol. The molecule has 2 atom stereocenters. The van der Waals surface area contributed by atoms with E-state index in [2.05, 4.69) is 11.9 Å². The van der Waals surface area contributed by atoms with Gasteiger partial charge >= 0.3 is 0 Å². The molecule has 2 unspecified atom stereocenters. The molecule has 2 aliphatic rings. The molecule has 4 rings (SSSR count). The number of aliphatic hydroxyl groups is 1. The molecule has 116 valence electrons. The number of fused-ring (bicyclic) bond motifs is 1. The van der Waals surface area contributed by atoms with Gasteiger partial charge in [-0.1, -0.05) is 25.1 Å². The molecule has 1 amide bonds. The highest BCUT2D eigenvalue weighted by molar-refractivity contribution is 5.89. The number of β-amino-alcohol motifs (C(OH)–C–C–N with tert-alkyl or cyclic N) is 1. The van der Waals surface area contributed by atoms with E-state index in [4.69, 9.17) is 0 Å². The standard InChI is InChI=1S/C18H22N2O2/c1-12-10-20(11-18(12,22)14-6-7-14)17(21)8-13-9-19-16-5-3-2-4-15(13)16/h2-5,9,12,14,19,22H,6-8,10-11H2,1H3. The average Bonchev–Trinajstić information content (AvgIpc) is 3.23. The maximum absolute atomic E-state index is 12.6. The van der Waals surface area contributed by atoms with Crippen LogP contribution in [0.4, 0.5) is 0 Å². The van der Waals surface area contributed by atoms with Gasteiger partial charge in [-0.25, -0.2) is 0 Å². The van der Waals surface area contributed by atoms with Crippen molar-refractivity contribution >= 4 is 16.8 Å². The number of nitrogens with one attached hydrogen (secondary N) is 1. The molecule has 1 aromatic heterocycles. The van der Waals surface area contributed by atoms with Gasteiger partial charge in [-0.3, -0.25) is 4.79 Å². The van der Waals surface area contributed by atoms with Crippen LogP contribution in [0.15, 0.2) is 30.5 Å². The first-order chi connectivity index (χ1) is 10.6. The van der Waals surface area contributed by atoms with Crippen LogP contribution in [0.25, 0.3) is 10.9 Å². The van der Waals surface area contributed by atoms with Gasteiger partial charge in [0, 0.05) is 36.1 Å². The maximum Gasteiger partial charge on any atom is 0.227 e. The summed E-state index contributed by atoms with van der Waals surface area (Å²) in [5, 5.41) is 11.9. The van der Waals surface area contributed by atoms with E-state index in [9.17, 15) is 9.90 Å². The van der Waals surface area contributed by atoms with Crippen molar-refractivity contribution in [1.82, 2.24) is 9.88 Å². The molecule has 0 bridgehead atoms. The van der Waals surface area contributed by atoms with Crippen molar-refractivity contribution < 1.29 is 9.90 Å². The lowest BCUT2D eigenvalue weighted by atomic mass is 9.88. The Balaban J connectivity index is 1.51. The number of aromatic amines is 1. The molecule has 2 aromatic rings. The van der Waals surface area contributed by atoms with Crippen molar-refractivity contribution in [2.45, 2.75) is 31.8 Å². The number of carbonyl (C=O) groups excluding carboxylic acids is 1. The molecule has 1 saturated heterocycles. The number of rotatable bonds is 3. The minimum absolute atomic E-state index is 0.119. The predicted molar refractivity (Wildman–Crippen MR) is 85.4 cm³/mol. The van der Waals surface area contributed by atoms with Gasteiger partial charge in [0.05, 0.1) is 12.0 Å². The number of hydrogen-bond donors (Lipinski definition) is 2. The Hall–Kier alpha value is -1.81. The van der Waals surface area contributed by atoms with E-state index >= 15 is 0 Å². The summed E-state index contributed by atoms with van der Waals surface area (Å²) in [4.78, 5) is 17.7. The highest BCUT2D eigenvalue weighted by Crippen LogP contribution is 2.47. The van der Waals surface area contributed by atoms with Crippen molar-refractivity contribution in [2.75, 3.05) is 13.1 Å². The molecule has 4 nitrogen and oxygen atoms in total. The molecule has 1 saturated carbocycles. The Kier molecular flexibility index (Phi) is 3.05. The van der Waals surface area contributed by atoms with Crippen LogP contribution in [0.1, 0.15) is 25.3 Å². The normalized spacial score (nSPS) is 28.5. The Morgan fingerprint density at radius 2 is 2.18 bits per heavy atom. The lowest BCUT2D eigenvalue weighted by molar-refractivity contribution is -0.130. The van der Waals surface area contributed by atoms with Crippen LogP contribution in [0, 0.1) is 11.8 Å². The molecule has 1 aliphatic heterocycles. The Labute approximate surface area is 130 Å². The van der Waals surface area contributed by atoms with Crippen LogP contribution in [0.3, 0.4) is 0 Å². The molecular weight excluding hydrogens is 276 g/mol. The number of H-pyrrole nitrogens is 1. The van der Waals surface area contributed by atoms with Crippen molar-refractivity contribution in [3.63, 3.8) is 0 Å². The fraction of sp³-hybridized carbons (Fsp3) is 0.500. The molecule has 2 fully saturated rings. The number of nitrogens with zero attached hydrogens (tertiary/aromatic N) is 1. The summed E-state index contributed by atoms with van der Waals surface area (Å²) in [5.74, 6) is 0.688. The van der Waals surface area contributed by atoms with E-state index in [0.717, 1.165) is 29.3 Å². The third kappa shape index (κ3) is 2.13. The predicted octanol–water partition coefficient (Wildman–Crippen LogP) is 2.33. The highest BCUT2D eigenvalue weighted by Gasteiger charge is 2.53. The number of amides is 1. The van der Waals surface area contributed by atoms with Crippen molar-refractivity contribution in [2.24, 2.45) is 11.8 Å². The first kappa shape index (κ1) is 13.8. The van der Waals surface area contributed by atoms with Gasteiger partial charge in [0.1, 0.15) is 0 Å². The summed E-state index contributed by atoms with van der Waals surface area (Å²) >= 11 is 0. The zero-order valence-electron chi connectivity index (χ0n) is 12.9. The summed E-state index contributed by atoms with van der Waals surface area (Å²) in [7, 11) is 0. The molecule has 2 heterocycles. The van der Waals surface area contributed by atoms with Gasteiger partial charge in [-0.05, 0) is 30.4 Å². The van der Waals surface area contributed by atoms with E-state index in [0.29, 0.717) is 25.4 Å². The number of benzene rings is 1. The van der Waals surface area contributed by atoms with Crippen molar-refractivity contribution in [3.8, 4) is 0 Å². The number of carbonyl (C=O) groups is 1. The smallest absolute Gasteiger partial charge is 0.227 e.